The molecular weight excluding hydrogens is 206 g/mol. The van der Waals surface area contributed by atoms with Gasteiger partial charge in [-0.15, -0.1) is 0 Å². The van der Waals surface area contributed by atoms with Crippen LogP contribution in [0.3, 0.4) is 0 Å². The Morgan fingerprint density at radius 2 is 2.06 bits per heavy atom. The van der Waals surface area contributed by atoms with Crippen LogP contribution in [-0.2, 0) is 9.59 Å². The van der Waals surface area contributed by atoms with Gasteiger partial charge in [-0.25, -0.2) is 4.79 Å². The van der Waals surface area contributed by atoms with Crippen LogP contribution in [0.2, 0.25) is 0 Å². The summed E-state index contributed by atoms with van der Waals surface area (Å²) in [4.78, 5) is 22.8. The smallest absolute Gasteiger partial charge is 0.326 e. The molecule has 4 nitrogen and oxygen atoms in total. The van der Waals surface area contributed by atoms with Crippen LogP contribution >= 0.6 is 0 Å². The molecule has 0 aromatic rings. The number of carbonyl (C=O) groups excluding carboxylic acids is 1. The van der Waals surface area contributed by atoms with Gasteiger partial charge in [0, 0.05) is 5.92 Å². The second kappa shape index (κ2) is 3.22. The first-order chi connectivity index (χ1) is 7.61. The van der Waals surface area contributed by atoms with Crippen molar-refractivity contribution in [1.29, 1.82) is 0 Å². The minimum Gasteiger partial charge on any atom is -0.480 e. The van der Waals surface area contributed by atoms with Gasteiger partial charge in [-0.05, 0) is 37.0 Å². The average Bonchev–Trinajstić information content (AvgIpc) is 3.06. The maximum atomic E-state index is 11.8. The van der Waals surface area contributed by atoms with Crippen LogP contribution in [0.15, 0.2) is 0 Å². The van der Waals surface area contributed by atoms with Crippen LogP contribution in [-0.4, -0.2) is 23.0 Å². The lowest BCUT2D eigenvalue weighted by molar-refractivity contribution is -0.142. The first-order valence-corrected chi connectivity index (χ1v) is 6.14. The number of nitrogens with one attached hydrogen (secondary N) is 1. The van der Waals surface area contributed by atoms with Crippen molar-refractivity contribution in [2.45, 2.75) is 44.6 Å². The Morgan fingerprint density at radius 3 is 2.50 bits per heavy atom. The van der Waals surface area contributed by atoms with E-state index >= 15 is 0 Å². The minimum atomic E-state index is -0.884. The summed E-state index contributed by atoms with van der Waals surface area (Å²) in [6, 6.07) is -0.656. The van der Waals surface area contributed by atoms with Crippen molar-refractivity contribution in [1.82, 2.24) is 5.32 Å². The number of hydrogen-bond donors (Lipinski definition) is 2. The van der Waals surface area contributed by atoms with Gasteiger partial charge < -0.3 is 10.4 Å². The number of aliphatic carboxylic acids is 1. The maximum Gasteiger partial charge on any atom is 0.326 e. The predicted molar refractivity (Wildman–Crippen MR) is 56.7 cm³/mol. The molecule has 2 N–H and O–H groups in total. The normalized spacial score (nSPS) is 30.9. The third kappa shape index (κ3) is 1.81. The second-order valence-corrected chi connectivity index (χ2v) is 5.70. The van der Waals surface area contributed by atoms with Crippen LogP contribution in [0.4, 0.5) is 0 Å². The molecule has 0 bridgehead atoms. The number of carboxylic acids is 1. The molecule has 4 heteroatoms. The van der Waals surface area contributed by atoms with E-state index in [0.717, 1.165) is 32.1 Å². The highest BCUT2D eigenvalue weighted by molar-refractivity contribution is 5.87. The van der Waals surface area contributed by atoms with Gasteiger partial charge in [-0.2, -0.15) is 0 Å². The van der Waals surface area contributed by atoms with Gasteiger partial charge in [0.1, 0.15) is 6.04 Å². The van der Waals surface area contributed by atoms with E-state index in [9.17, 15) is 9.59 Å². The Balaban J connectivity index is 1.53. The van der Waals surface area contributed by atoms with Crippen LogP contribution in [0.25, 0.3) is 0 Å². The quantitative estimate of drug-likeness (QED) is 0.735. The molecule has 0 saturated heterocycles. The minimum absolute atomic E-state index is 0.0226. The van der Waals surface area contributed by atoms with E-state index in [1.54, 1.807) is 0 Å². The Bertz CT molecular complexity index is 344. The van der Waals surface area contributed by atoms with E-state index < -0.39 is 12.0 Å². The topological polar surface area (TPSA) is 66.4 Å². The van der Waals surface area contributed by atoms with E-state index in [-0.39, 0.29) is 11.8 Å². The lowest BCUT2D eigenvalue weighted by Crippen LogP contribution is -2.42. The summed E-state index contributed by atoms with van der Waals surface area (Å²) in [5, 5.41) is 11.7. The van der Waals surface area contributed by atoms with Crippen LogP contribution in [0.1, 0.15) is 38.5 Å². The molecule has 16 heavy (non-hydrogen) atoms. The molecule has 3 fully saturated rings. The van der Waals surface area contributed by atoms with Crippen molar-refractivity contribution < 1.29 is 14.7 Å². The lowest BCUT2D eigenvalue weighted by atomic mass is 10.1. The van der Waals surface area contributed by atoms with Crippen molar-refractivity contribution in [3.8, 4) is 0 Å². The third-order valence-electron chi connectivity index (χ3n) is 4.28. The SMILES string of the molecule is O=C(O)C(CC1CC1)NC(=O)C1CC12CC2. The standard InChI is InChI=1S/C12H17NO3/c14-10(8-6-12(8)3-4-12)13-9(11(15)16)5-7-1-2-7/h7-9H,1-6H2,(H,13,14)(H,15,16). The predicted octanol–water partition coefficient (Wildman–Crippen LogP) is 1.16. The molecule has 2 unspecified atom stereocenters. The summed E-state index contributed by atoms with van der Waals surface area (Å²) in [5.41, 5.74) is 0.312. The van der Waals surface area contributed by atoms with Gasteiger partial charge >= 0.3 is 5.97 Å². The zero-order chi connectivity index (χ0) is 11.3. The molecule has 2 atom stereocenters. The molecule has 0 heterocycles. The van der Waals surface area contributed by atoms with Crippen molar-refractivity contribution >= 4 is 11.9 Å². The van der Waals surface area contributed by atoms with E-state index in [4.69, 9.17) is 5.11 Å². The zero-order valence-electron chi connectivity index (χ0n) is 9.24. The molecule has 0 radical (unpaired) electrons. The summed E-state index contributed by atoms with van der Waals surface area (Å²) in [6.45, 7) is 0. The van der Waals surface area contributed by atoms with Crippen LogP contribution in [0, 0.1) is 17.3 Å². The molecule has 1 amide bonds. The second-order valence-electron chi connectivity index (χ2n) is 5.70. The first-order valence-electron chi connectivity index (χ1n) is 6.14. The summed E-state index contributed by atoms with van der Waals surface area (Å²) in [5.74, 6) is -0.264. The van der Waals surface area contributed by atoms with E-state index in [1.807, 2.05) is 0 Å². The fourth-order valence-corrected chi connectivity index (χ4v) is 2.61. The summed E-state index contributed by atoms with van der Waals surface area (Å²) < 4.78 is 0. The molecule has 3 aliphatic rings. The highest BCUT2D eigenvalue weighted by Crippen LogP contribution is 2.70. The van der Waals surface area contributed by atoms with Gasteiger partial charge in [0.05, 0.1) is 0 Å². The summed E-state index contributed by atoms with van der Waals surface area (Å²) in [6.07, 6.45) is 6.15. The average molecular weight is 223 g/mol. The van der Waals surface area contributed by atoms with Gasteiger partial charge in [0.15, 0.2) is 0 Å². The van der Waals surface area contributed by atoms with E-state index in [0.29, 0.717) is 17.8 Å². The van der Waals surface area contributed by atoms with Crippen LogP contribution in [0.5, 0.6) is 0 Å². The fourth-order valence-electron chi connectivity index (χ4n) is 2.61. The maximum absolute atomic E-state index is 11.8. The van der Waals surface area contributed by atoms with Crippen molar-refractivity contribution in [3.63, 3.8) is 0 Å². The Hall–Kier alpha value is -1.06. The molecule has 3 saturated carbocycles. The lowest BCUT2D eigenvalue weighted by Gasteiger charge is -2.13. The molecule has 0 aromatic carbocycles. The van der Waals surface area contributed by atoms with Crippen molar-refractivity contribution in [3.05, 3.63) is 0 Å². The molecule has 0 aromatic heterocycles. The van der Waals surface area contributed by atoms with Gasteiger partial charge in [-0.3, -0.25) is 4.79 Å². The molecule has 1 spiro atoms. The van der Waals surface area contributed by atoms with Gasteiger partial charge in [-0.1, -0.05) is 12.8 Å². The molecule has 88 valence electrons. The Morgan fingerprint density at radius 1 is 1.38 bits per heavy atom. The highest BCUT2D eigenvalue weighted by atomic mass is 16.4. The number of rotatable bonds is 5. The molecule has 3 aliphatic carbocycles. The summed E-state index contributed by atoms with van der Waals surface area (Å²) in [7, 11) is 0. The fraction of sp³-hybridized carbons (Fsp3) is 0.833. The Labute approximate surface area is 94.4 Å². The zero-order valence-corrected chi connectivity index (χ0v) is 9.24. The number of carbonyl (C=O) groups is 2. The molecule has 0 aliphatic heterocycles. The van der Waals surface area contributed by atoms with Crippen LogP contribution < -0.4 is 5.32 Å². The summed E-state index contributed by atoms with van der Waals surface area (Å²) >= 11 is 0. The van der Waals surface area contributed by atoms with Crippen molar-refractivity contribution in [2.24, 2.45) is 17.3 Å². The van der Waals surface area contributed by atoms with Crippen molar-refractivity contribution in [2.75, 3.05) is 0 Å². The number of hydrogen-bond acceptors (Lipinski definition) is 2. The largest absolute Gasteiger partial charge is 0.480 e. The highest BCUT2D eigenvalue weighted by Gasteiger charge is 2.65. The number of carboxylic acid groups (broad SMARTS) is 1. The van der Waals surface area contributed by atoms with E-state index in [2.05, 4.69) is 5.32 Å². The van der Waals surface area contributed by atoms with Gasteiger partial charge in [0.2, 0.25) is 5.91 Å². The van der Waals surface area contributed by atoms with E-state index in [1.165, 1.54) is 0 Å². The number of amides is 1. The molecule has 3 rings (SSSR count). The van der Waals surface area contributed by atoms with Gasteiger partial charge in [0.25, 0.3) is 0 Å². The first kappa shape index (κ1) is 10.1. The Kier molecular flexibility index (Phi) is 2.03. The third-order valence-corrected chi connectivity index (χ3v) is 4.28. The molecular formula is C12H17NO3. The monoisotopic (exact) mass is 223 g/mol.